The number of thiophene rings is 1. The van der Waals surface area contributed by atoms with Crippen molar-refractivity contribution in [3.8, 4) is 5.75 Å². The number of rotatable bonds is 5. The lowest BCUT2D eigenvalue weighted by Crippen LogP contribution is -2.45. The average Bonchev–Trinajstić information content (AvgIpc) is 3.35. The number of piperidine rings is 1. The zero-order valence-corrected chi connectivity index (χ0v) is 18.6. The molecule has 32 heavy (non-hydrogen) atoms. The number of aliphatic hydroxyl groups excluding tert-OH is 1. The van der Waals surface area contributed by atoms with E-state index in [-0.39, 0.29) is 37.2 Å². The monoisotopic (exact) mass is 476 g/mol. The second-order valence-electron chi connectivity index (χ2n) is 8.08. The Hall–Kier alpha value is -2.62. The van der Waals surface area contributed by atoms with Gasteiger partial charge in [-0.2, -0.15) is 0 Å². The van der Waals surface area contributed by atoms with E-state index in [9.17, 15) is 19.5 Å². The van der Waals surface area contributed by atoms with Gasteiger partial charge < -0.3 is 19.5 Å². The molecule has 0 saturated carbocycles. The van der Waals surface area contributed by atoms with Crippen LogP contribution in [0.15, 0.2) is 30.3 Å². The number of anilines is 2. The summed E-state index contributed by atoms with van der Waals surface area (Å²) in [5, 5.41) is 9.68. The second kappa shape index (κ2) is 8.38. The molecule has 3 atom stereocenters. The number of ether oxygens (including phenoxy) is 2. The molecule has 1 N–H and O–H groups in total. The van der Waals surface area contributed by atoms with E-state index >= 15 is 0 Å². The van der Waals surface area contributed by atoms with Crippen LogP contribution in [0.5, 0.6) is 5.75 Å². The van der Waals surface area contributed by atoms with Gasteiger partial charge in [-0.25, -0.2) is 4.79 Å². The molecule has 2 saturated heterocycles. The molecule has 3 aliphatic heterocycles. The van der Waals surface area contributed by atoms with Gasteiger partial charge in [0.25, 0.3) is 0 Å². The number of hydrogen-bond donors (Lipinski definition) is 1. The molecule has 0 aliphatic carbocycles. The Bertz CT molecular complexity index is 1090. The van der Waals surface area contributed by atoms with Gasteiger partial charge in [0.2, 0.25) is 5.91 Å². The van der Waals surface area contributed by atoms with E-state index < -0.39 is 18.3 Å². The minimum Gasteiger partial charge on any atom is -0.489 e. The van der Waals surface area contributed by atoms with E-state index in [0.29, 0.717) is 45.7 Å². The summed E-state index contributed by atoms with van der Waals surface area (Å²) in [6.07, 6.45) is -0.288. The average molecular weight is 477 g/mol. The zero-order chi connectivity index (χ0) is 22.4. The SMILES string of the molecule is O=C(CC[C@@H]1OC(=O)N2c3ccc(N4CC[C@@H](O)CC4=O)cc3OC[C@@H]12)c1ccc(Cl)s1. The third-order valence-corrected chi connectivity index (χ3v) is 7.31. The molecule has 10 heteroatoms. The molecule has 0 bridgehead atoms. The van der Waals surface area contributed by atoms with E-state index in [2.05, 4.69) is 0 Å². The number of amides is 2. The van der Waals surface area contributed by atoms with Gasteiger partial charge in [0.05, 0.1) is 27.4 Å². The summed E-state index contributed by atoms with van der Waals surface area (Å²) >= 11 is 7.14. The summed E-state index contributed by atoms with van der Waals surface area (Å²) in [7, 11) is 0. The topological polar surface area (TPSA) is 96.4 Å². The van der Waals surface area contributed by atoms with Crippen LogP contribution in [0, 0.1) is 0 Å². The molecule has 0 radical (unpaired) electrons. The summed E-state index contributed by atoms with van der Waals surface area (Å²) in [6, 6.07) is 8.32. The van der Waals surface area contributed by atoms with Crippen molar-refractivity contribution in [1.29, 1.82) is 0 Å². The molecule has 0 unspecified atom stereocenters. The molecule has 168 valence electrons. The highest BCUT2D eigenvalue weighted by atomic mass is 35.5. The van der Waals surface area contributed by atoms with Crippen LogP contribution >= 0.6 is 22.9 Å². The molecule has 5 rings (SSSR count). The van der Waals surface area contributed by atoms with Gasteiger partial charge in [0.1, 0.15) is 24.5 Å². The van der Waals surface area contributed by atoms with Crippen LogP contribution in [0.3, 0.4) is 0 Å². The third-order valence-electron chi connectivity index (χ3n) is 6.04. The number of aliphatic hydroxyl groups is 1. The molecule has 2 amide bonds. The fourth-order valence-corrected chi connectivity index (χ4v) is 5.40. The molecular weight excluding hydrogens is 456 g/mol. The lowest BCUT2D eigenvalue weighted by Gasteiger charge is -2.33. The van der Waals surface area contributed by atoms with E-state index in [1.165, 1.54) is 11.3 Å². The molecule has 2 fully saturated rings. The first kappa shape index (κ1) is 21.2. The molecule has 1 aromatic heterocycles. The first-order chi connectivity index (χ1) is 15.4. The number of carbonyl (C=O) groups is 3. The lowest BCUT2D eigenvalue weighted by molar-refractivity contribution is -0.122. The van der Waals surface area contributed by atoms with Crippen molar-refractivity contribution in [2.75, 3.05) is 23.0 Å². The Morgan fingerprint density at radius 2 is 2.09 bits per heavy atom. The van der Waals surface area contributed by atoms with E-state index in [1.54, 1.807) is 40.1 Å². The minimum absolute atomic E-state index is 0.0329. The number of fused-ring (bicyclic) bond motifs is 3. The van der Waals surface area contributed by atoms with Crippen LogP contribution in [-0.2, 0) is 9.53 Å². The normalized spacial score (nSPS) is 24.6. The van der Waals surface area contributed by atoms with Crippen LogP contribution in [0.25, 0.3) is 0 Å². The number of hydrogen-bond acceptors (Lipinski definition) is 7. The maximum absolute atomic E-state index is 12.6. The van der Waals surface area contributed by atoms with E-state index in [1.807, 2.05) is 0 Å². The first-order valence-corrected chi connectivity index (χ1v) is 11.6. The van der Waals surface area contributed by atoms with Crippen LogP contribution in [0.1, 0.15) is 35.4 Å². The molecule has 3 aliphatic rings. The number of nitrogens with zero attached hydrogens (tertiary/aromatic N) is 2. The van der Waals surface area contributed by atoms with Crippen LogP contribution < -0.4 is 14.5 Å². The Kier molecular flexibility index (Phi) is 5.56. The number of cyclic esters (lactones) is 1. The Morgan fingerprint density at radius 3 is 2.84 bits per heavy atom. The fraction of sp³-hybridized carbons (Fsp3) is 0.409. The van der Waals surface area contributed by atoms with Gasteiger partial charge in [-0.15, -0.1) is 11.3 Å². The largest absolute Gasteiger partial charge is 0.489 e. The predicted octanol–water partition coefficient (Wildman–Crippen LogP) is 3.64. The fourth-order valence-electron chi connectivity index (χ4n) is 4.39. The summed E-state index contributed by atoms with van der Waals surface area (Å²) in [5.41, 5.74) is 1.25. The number of halogens is 1. The summed E-state index contributed by atoms with van der Waals surface area (Å²) in [5.74, 6) is 0.323. The van der Waals surface area contributed by atoms with Gasteiger partial charge in [0, 0.05) is 24.7 Å². The lowest BCUT2D eigenvalue weighted by atomic mass is 10.0. The Labute approximate surface area is 193 Å². The number of carbonyl (C=O) groups excluding carboxylic acids is 3. The minimum atomic E-state index is -0.603. The molecule has 0 spiro atoms. The van der Waals surface area contributed by atoms with Crippen LogP contribution in [-0.4, -0.2) is 54.3 Å². The highest BCUT2D eigenvalue weighted by Crippen LogP contribution is 2.42. The number of Topliss-reactive ketones (excluding diaryl/α,β-unsaturated/α-hetero) is 1. The summed E-state index contributed by atoms with van der Waals surface area (Å²) < 4.78 is 12.1. The van der Waals surface area contributed by atoms with Gasteiger partial charge >= 0.3 is 6.09 Å². The van der Waals surface area contributed by atoms with Crippen LogP contribution in [0.2, 0.25) is 4.34 Å². The van der Waals surface area contributed by atoms with Crippen molar-refractivity contribution in [1.82, 2.24) is 0 Å². The maximum atomic E-state index is 12.6. The Morgan fingerprint density at radius 1 is 1.25 bits per heavy atom. The smallest absolute Gasteiger partial charge is 0.415 e. The molecule has 1 aromatic carbocycles. The standard InChI is InChI=1S/C22H21ClN2O6S/c23-20-6-5-19(32-20)16(27)3-4-17-15-11-30-18-9-12(24-8-7-13(26)10-21(24)28)1-2-14(18)25(15)22(29)31-17/h1-2,5-6,9,13,15,17,26H,3-4,7-8,10-11H2/t13-,15+,17+/m1/s1. The van der Waals surface area contributed by atoms with Gasteiger partial charge in [0.15, 0.2) is 5.78 Å². The third kappa shape index (κ3) is 3.85. The van der Waals surface area contributed by atoms with Crippen molar-refractivity contribution in [3.05, 3.63) is 39.5 Å². The van der Waals surface area contributed by atoms with E-state index in [0.717, 1.165) is 0 Å². The molecule has 2 aromatic rings. The van der Waals surface area contributed by atoms with Crippen molar-refractivity contribution in [3.63, 3.8) is 0 Å². The number of benzene rings is 1. The van der Waals surface area contributed by atoms with Gasteiger partial charge in [-0.1, -0.05) is 11.6 Å². The Balaban J connectivity index is 1.29. The van der Waals surface area contributed by atoms with E-state index in [4.69, 9.17) is 21.1 Å². The van der Waals surface area contributed by atoms with Gasteiger partial charge in [-0.05, 0) is 37.1 Å². The maximum Gasteiger partial charge on any atom is 0.415 e. The molecule has 4 heterocycles. The quantitative estimate of drug-likeness (QED) is 0.662. The van der Waals surface area contributed by atoms with Crippen molar-refractivity contribution in [2.45, 2.75) is 43.9 Å². The van der Waals surface area contributed by atoms with Crippen molar-refractivity contribution < 1.29 is 29.0 Å². The zero-order valence-electron chi connectivity index (χ0n) is 17.0. The number of ketones is 1. The first-order valence-electron chi connectivity index (χ1n) is 10.4. The molecular formula is C22H21ClN2O6S. The van der Waals surface area contributed by atoms with Gasteiger partial charge in [-0.3, -0.25) is 14.5 Å². The molecule has 8 nitrogen and oxygen atoms in total. The summed E-state index contributed by atoms with van der Waals surface area (Å²) in [6.45, 7) is 0.664. The second-order valence-corrected chi connectivity index (χ2v) is 9.80. The summed E-state index contributed by atoms with van der Waals surface area (Å²) in [4.78, 5) is 41.1. The van der Waals surface area contributed by atoms with Crippen LogP contribution in [0.4, 0.5) is 16.2 Å². The highest BCUT2D eigenvalue weighted by Gasteiger charge is 2.46. The predicted molar refractivity (Wildman–Crippen MR) is 119 cm³/mol. The highest BCUT2D eigenvalue weighted by molar-refractivity contribution is 7.18. The van der Waals surface area contributed by atoms with Crippen molar-refractivity contribution in [2.24, 2.45) is 0 Å². The van der Waals surface area contributed by atoms with Crippen molar-refractivity contribution >= 4 is 52.1 Å².